The smallest absolute Gasteiger partial charge is 0.241 e. The Morgan fingerprint density at radius 2 is 1.64 bits per heavy atom. The van der Waals surface area contributed by atoms with Crippen molar-refractivity contribution in [2.45, 2.75) is 38.1 Å². The number of carbonyl (C=O) groups is 1. The van der Waals surface area contributed by atoms with Crippen molar-refractivity contribution in [2.24, 2.45) is 5.92 Å². The third-order valence-corrected chi connectivity index (χ3v) is 6.11. The first-order valence-electron chi connectivity index (χ1n) is 9.31. The lowest BCUT2D eigenvalue weighted by Crippen LogP contribution is -2.31. The molecule has 0 amide bonds. The standard InChI is InChI=1S/C21H25NO5S/c1-14(2)21(17-7-10-19-20(13-17)27-12-4-11-26-19)22-28(24,25)18-8-5-16(6-9-18)15(3)23/h5-10,13-14,21-22H,4,11-12H2,1-3H3. The summed E-state index contributed by atoms with van der Waals surface area (Å²) in [6, 6.07) is 11.0. The zero-order valence-corrected chi connectivity index (χ0v) is 17.1. The summed E-state index contributed by atoms with van der Waals surface area (Å²) in [5.41, 5.74) is 1.28. The van der Waals surface area contributed by atoms with Gasteiger partial charge < -0.3 is 9.47 Å². The molecular formula is C21H25NO5S. The normalized spacial score (nSPS) is 15.1. The predicted octanol–water partition coefficient (Wildman–Crippen LogP) is 3.73. The van der Waals surface area contributed by atoms with Gasteiger partial charge in [0.1, 0.15) is 0 Å². The van der Waals surface area contributed by atoms with Crippen LogP contribution in [-0.2, 0) is 10.0 Å². The first-order valence-corrected chi connectivity index (χ1v) is 10.8. The summed E-state index contributed by atoms with van der Waals surface area (Å²) in [6.45, 7) is 6.52. The summed E-state index contributed by atoms with van der Waals surface area (Å²) < 4.78 is 40.0. The Morgan fingerprint density at radius 3 is 2.25 bits per heavy atom. The highest BCUT2D eigenvalue weighted by Crippen LogP contribution is 2.34. The number of rotatable bonds is 6. The summed E-state index contributed by atoms with van der Waals surface area (Å²) in [5, 5.41) is 0. The van der Waals surface area contributed by atoms with E-state index >= 15 is 0 Å². The van der Waals surface area contributed by atoms with Gasteiger partial charge >= 0.3 is 0 Å². The van der Waals surface area contributed by atoms with E-state index in [1.54, 1.807) is 0 Å². The molecule has 0 saturated carbocycles. The first kappa shape index (κ1) is 20.4. The van der Waals surface area contributed by atoms with E-state index in [9.17, 15) is 13.2 Å². The topological polar surface area (TPSA) is 81.7 Å². The fourth-order valence-corrected chi connectivity index (χ4v) is 4.44. The third kappa shape index (κ3) is 4.54. The lowest BCUT2D eigenvalue weighted by molar-refractivity contribution is 0.101. The molecular weight excluding hydrogens is 378 g/mol. The molecule has 2 aromatic carbocycles. The van der Waals surface area contributed by atoms with Gasteiger partial charge in [-0.1, -0.05) is 32.0 Å². The number of Topliss-reactive ketones (excluding diaryl/α,β-unsaturated/α-hetero) is 1. The van der Waals surface area contributed by atoms with Gasteiger partial charge in [0.05, 0.1) is 18.1 Å². The van der Waals surface area contributed by atoms with Crippen LogP contribution >= 0.6 is 0 Å². The molecule has 28 heavy (non-hydrogen) atoms. The van der Waals surface area contributed by atoms with Gasteiger partial charge in [0.25, 0.3) is 0 Å². The molecule has 1 atom stereocenters. The molecule has 0 aromatic heterocycles. The molecule has 0 aliphatic carbocycles. The fourth-order valence-electron chi connectivity index (χ4n) is 3.07. The van der Waals surface area contributed by atoms with Gasteiger partial charge in [-0.2, -0.15) is 0 Å². The highest BCUT2D eigenvalue weighted by molar-refractivity contribution is 7.89. The minimum Gasteiger partial charge on any atom is -0.490 e. The van der Waals surface area contributed by atoms with E-state index in [0.717, 1.165) is 12.0 Å². The number of ketones is 1. The van der Waals surface area contributed by atoms with Crippen molar-refractivity contribution in [2.75, 3.05) is 13.2 Å². The van der Waals surface area contributed by atoms with Crippen molar-refractivity contribution < 1.29 is 22.7 Å². The third-order valence-electron chi connectivity index (χ3n) is 4.65. The van der Waals surface area contributed by atoms with E-state index in [1.165, 1.54) is 31.2 Å². The molecule has 1 aliphatic heterocycles. The van der Waals surface area contributed by atoms with Crippen molar-refractivity contribution in [1.29, 1.82) is 0 Å². The number of carbonyl (C=O) groups excluding carboxylic acids is 1. The number of fused-ring (bicyclic) bond motifs is 1. The van der Waals surface area contributed by atoms with Gasteiger partial charge in [-0.15, -0.1) is 0 Å². The monoisotopic (exact) mass is 403 g/mol. The van der Waals surface area contributed by atoms with E-state index in [1.807, 2.05) is 32.0 Å². The summed E-state index contributed by atoms with van der Waals surface area (Å²) in [5.74, 6) is 1.21. The molecule has 0 saturated heterocycles. The van der Waals surface area contributed by atoms with Crippen molar-refractivity contribution in [3.63, 3.8) is 0 Å². The molecule has 0 fully saturated rings. The van der Waals surface area contributed by atoms with E-state index in [4.69, 9.17) is 9.47 Å². The van der Waals surface area contributed by atoms with Crippen LogP contribution in [0.5, 0.6) is 11.5 Å². The van der Waals surface area contributed by atoms with Gasteiger partial charge in [-0.05, 0) is 42.7 Å². The first-order chi connectivity index (χ1) is 13.3. The van der Waals surface area contributed by atoms with Crippen molar-refractivity contribution >= 4 is 15.8 Å². The molecule has 7 heteroatoms. The quantitative estimate of drug-likeness (QED) is 0.744. The Hall–Kier alpha value is -2.38. The maximum absolute atomic E-state index is 12.9. The second-order valence-electron chi connectivity index (χ2n) is 7.18. The molecule has 150 valence electrons. The number of sulfonamides is 1. The number of hydrogen-bond donors (Lipinski definition) is 1. The maximum atomic E-state index is 12.9. The van der Waals surface area contributed by atoms with Crippen LogP contribution in [0.3, 0.4) is 0 Å². The molecule has 0 radical (unpaired) electrons. The van der Waals surface area contributed by atoms with Crippen LogP contribution in [0.1, 0.15) is 49.2 Å². The van der Waals surface area contributed by atoms with Crippen LogP contribution in [-0.4, -0.2) is 27.4 Å². The lowest BCUT2D eigenvalue weighted by atomic mass is 9.97. The molecule has 1 N–H and O–H groups in total. The second-order valence-corrected chi connectivity index (χ2v) is 8.89. The molecule has 0 bridgehead atoms. The van der Waals surface area contributed by atoms with Crippen LogP contribution in [0.15, 0.2) is 47.4 Å². The van der Waals surface area contributed by atoms with Crippen molar-refractivity contribution in [1.82, 2.24) is 4.72 Å². The van der Waals surface area contributed by atoms with Crippen molar-refractivity contribution in [3.8, 4) is 11.5 Å². The Labute approximate surface area is 165 Å². The van der Waals surface area contributed by atoms with Gasteiger partial charge in [0, 0.05) is 18.0 Å². The number of nitrogens with one attached hydrogen (secondary N) is 1. The number of ether oxygens (including phenoxy) is 2. The zero-order valence-electron chi connectivity index (χ0n) is 16.3. The summed E-state index contributed by atoms with van der Waals surface area (Å²) in [7, 11) is -3.76. The Bertz CT molecular complexity index is 951. The molecule has 1 aliphatic rings. The van der Waals surface area contributed by atoms with E-state index in [2.05, 4.69) is 4.72 Å². The van der Waals surface area contributed by atoms with Gasteiger partial charge in [0.15, 0.2) is 17.3 Å². The highest BCUT2D eigenvalue weighted by atomic mass is 32.2. The minimum absolute atomic E-state index is 0.0102. The Kier molecular flexibility index (Phi) is 6.05. The van der Waals surface area contributed by atoms with E-state index in [0.29, 0.717) is 30.3 Å². The molecule has 6 nitrogen and oxygen atoms in total. The van der Waals surface area contributed by atoms with Crippen LogP contribution in [0.2, 0.25) is 0 Å². The fraction of sp³-hybridized carbons (Fsp3) is 0.381. The average Bonchev–Trinajstić information content (AvgIpc) is 2.90. The minimum atomic E-state index is -3.76. The molecule has 2 aromatic rings. The summed E-state index contributed by atoms with van der Waals surface area (Å²) in [4.78, 5) is 11.5. The zero-order chi connectivity index (χ0) is 20.3. The summed E-state index contributed by atoms with van der Waals surface area (Å²) >= 11 is 0. The molecule has 0 spiro atoms. The number of hydrogen-bond acceptors (Lipinski definition) is 5. The van der Waals surface area contributed by atoms with E-state index in [-0.39, 0.29) is 16.6 Å². The highest BCUT2D eigenvalue weighted by Gasteiger charge is 2.25. The predicted molar refractivity (Wildman–Crippen MR) is 106 cm³/mol. The summed E-state index contributed by atoms with van der Waals surface area (Å²) in [6.07, 6.45) is 0.806. The van der Waals surface area contributed by atoms with Gasteiger partial charge in [-0.25, -0.2) is 13.1 Å². The molecule has 3 rings (SSSR count). The maximum Gasteiger partial charge on any atom is 0.241 e. The average molecular weight is 404 g/mol. The van der Waals surface area contributed by atoms with Gasteiger partial charge in [0.2, 0.25) is 10.0 Å². The second kappa shape index (κ2) is 8.32. The van der Waals surface area contributed by atoms with Crippen molar-refractivity contribution in [3.05, 3.63) is 53.6 Å². The van der Waals surface area contributed by atoms with Crippen LogP contribution < -0.4 is 14.2 Å². The molecule has 1 heterocycles. The number of benzene rings is 2. The van der Waals surface area contributed by atoms with Gasteiger partial charge in [-0.3, -0.25) is 4.79 Å². The Morgan fingerprint density at radius 1 is 1.00 bits per heavy atom. The Balaban J connectivity index is 1.88. The molecule has 1 unspecified atom stereocenters. The van der Waals surface area contributed by atoms with Crippen LogP contribution in [0.4, 0.5) is 0 Å². The van der Waals surface area contributed by atoms with Crippen LogP contribution in [0.25, 0.3) is 0 Å². The van der Waals surface area contributed by atoms with E-state index < -0.39 is 16.1 Å². The SMILES string of the molecule is CC(=O)c1ccc(S(=O)(=O)NC(c2ccc3c(c2)OCCCO3)C(C)C)cc1. The van der Waals surface area contributed by atoms with Crippen LogP contribution in [0, 0.1) is 5.92 Å². The largest absolute Gasteiger partial charge is 0.490 e. The lowest BCUT2D eigenvalue weighted by Gasteiger charge is -2.24.